The number of hydrogen-bond donors (Lipinski definition) is 0. The number of benzene rings is 2. The molecule has 0 unspecified atom stereocenters. The number of carbonyl (C=O) groups is 1. The van der Waals surface area contributed by atoms with Crippen LogP contribution in [0.1, 0.15) is 37.3 Å². The van der Waals surface area contributed by atoms with Crippen molar-refractivity contribution >= 4 is 18.3 Å². The van der Waals surface area contributed by atoms with Gasteiger partial charge in [0.15, 0.2) is 0 Å². The van der Waals surface area contributed by atoms with Gasteiger partial charge in [-0.2, -0.15) is 0 Å². The molecular formula is C23H31ClN2O. The van der Waals surface area contributed by atoms with Gasteiger partial charge in [0, 0.05) is 38.6 Å². The lowest BCUT2D eigenvalue weighted by molar-refractivity contribution is -0.135. The Morgan fingerprint density at radius 3 is 2.07 bits per heavy atom. The normalized spacial score (nSPS) is 15.1. The van der Waals surface area contributed by atoms with Crippen LogP contribution in [0.15, 0.2) is 60.7 Å². The topological polar surface area (TPSA) is 23.6 Å². The molecule has 0 aliphatic carbocycles. The molecule has 1 aliphatic heterocycles. The molecule has 0 bridgehead atoms. The van der Waals surface area contributed by atoms with Crippen LogP contribution < -0.4 is 0 Å². The van der Waals surface area contributed by atoms with Crippen molar-refractivity contribution in [2.24, 2.45) is 0 Å². The van der Waals surface area contributed by atoms with E-state index in [0.29, 0.717) is 12.5 Å². The van der Waals surface area contributed by atoms with Gasteiger partial charge in [0.2, 0.25) is 5.91 Å². The highest BCUT2D eigenvalue weighted by molar-refractivity contribution is 5.85. The first kappa shape index (κ1) is 21.5. The van der Waals surface area contributed by atoms with Crippen molar-refractivity contribution in [2.45, 2.75) is 45.2 Å². The molecule has 1 saturated heterocycles. The molecule has 0 aromatic heterocycles. The third-order valence-electron chi connectivity index (χ3n) is 5.38. The Labute approximate surface area is 169 Å². The summed E-state index contributed by atoms with van der Waals surface area (Å²) >= 11 is 0. The van der Waals surface area contributed by atoms with E-state index in [9.17, 15) is 4.79 Å². The van der Waals surface area contributed by atoms with Gasteiger partial charge in [-0.25, -0.2) is 0 Å². The minimum Gasteiger partial charge on any atom is -0.335 e. The van der Waals surface area contributed by atoms with Gasteiger partial charge < -0.3 is 9.80 Å². The summed E-state index contributed by atoms with van der Waals surface area (Å²) in [6.45, 7) is 5.98. The Morgan fingerprint density at radius 2 is 1.52 bits per heavy atom. The summed E-state index contributed by atoms with van der Waals surface area (Å²) in [5.41, 5.74) is 2.63. The predicted molar refractivity (Wildman–Crippen MR) is 114 cm³/mol. The third-order valence-corrected chi connectivity index (χ3v) is 5.38. The molecule has 0 radical (unpaired) electrons. The largest absolute Gasteiger partial charge is 0.335 e. The lowest BCUT2D eigenvalue weighted by Gasteiger charge is -2.38. The zero-order chi connectivity index (χ0) is 18.2. The predicted octanol–water partition coefficient (Wildman–Crippen LogP) is 4.55. The maximum absolute atomic E-state index is 12.5. The Balaban J connectivity index is 0.00000261. The molecule has 0 atom stereocenters. The quantitative estimate of drug-likeness (QED) is 0.696. The Bertz CT molecular complexity index is 669. The summed E-state index contributed by atoms with van der Waals surface area (Å²) in [5, 5.41) is 0. The van der Waals surface area contributed by atoms with Crippen LogP contribution in [0.25, 0.3) is 0 Å². The Kier molecular flexibility index (Phi) is 8.83. The fraction of sp³-hybridized carbons (Fsp3) is 0.435. The van der Waals surface area contributed by atoms with Gasteiger partial charge in [0.05, 0.1) is 0 Å². The number of piperidine rings is 1. The minimum atomic E-state index is 0. The maximum Gasteiger partial charge on any atom is 0.222 e. The van der Waals surface area contributed by atoms with E-state index in [1.54, 1.807) is 0 Å². The molecule has 146 valence electrons. The summed E-state index contributed by atoms with van der Waals surface area (Å²) in [6.07, 6.45) is 3.84. The van der Waals surface area contributed by atoms with Crippen LogP contribution in [0, 0.1) is 0 Å². The zero-order valence-corrected chi connectivity index (χ0v) is 17.0. The number of carbonyl (C=O) groups excluding carboxylic acids is 1. The van der Waals surface area contributed by atoms with Crippen LogP contribution in [0.3, 0.4) is 0 Å². The van der Waals surface area contributed by atoms with Gasteiger partial charge >= 0.3 is 0 Å². The molecule has 0 saturated carbocycles. The number of rotatable bonds is 7. The van der Waals surface area contributed by atoms with Gasteiger partial charge in [-0.1, -0.05) is 67.6 Å². The van der Waals surface area contributed by atoms with E-state index in [2.05, 4.69) is 64.4 Å². The van der Waals surface area contributed by atoms with Crippen molar-refractivity contribution in [3.05, 3.63) is 71.8 Å². The van der Waals surface area contributed by atoms with Crippen molar-refractivity contribution in [1.82, 2.24) is 9.80 Å². The van der Waals surface area contributed by atoms with E-state index in [4.69, 9.17) is 0 Å². The maximum atomic E-state index is 12.5. The fourth-order valence-electron chi connectivity index (χ4n) is 3.79. The smallest absolute Gasteiger partial charge is 0.222 e. The lowest BCUT2D eigenvalue weighted by Crippen LogP contribution is -2.47. The van der Waals surface area contributed by atoms with Crippen LogP contribution in [0.2, 0.25) is 0 Å². The van der Waals surface area contributed by atoms with Crippen molar-refractivity contribution in [3.63, 3.8) is 0 Å². The molecule has 4 heteroatoms. The first-order valence-electron chi connectivity index (χ1n) is 9.86. The number of likely N-dealkylation sites (tertiary alicyclic amines) is 1. The first-order chi connectivity index (χ1) is 12.8. The van der Waals surface area contributed by atoms with Crippen LogP contribution in [0.4, 0.5) is 0 Å². The van der Waals surface area contributed by atoms with E-state index in [1.165, 1.54) is 11.1 Å². The van der Waals surface area contributed by atoms with E-state index in [0.717, 1.165) is 45.4 Å². The molecule has 1 aliphatic rings. The number of nitrogens with zero attached hydrogens (tertiary/aromatic N) is 2. The number of halogens is 1. The molecule has 27 heavy (non-hydrogen) atoms. The van der Waals surface area contributed by atoms with Gasteiger partial charge in [0.25, 0.3) is 0 Å². The Morgan fingerprint density at radius 1 is 0.963 bits per heavy atom. The van der Waals surface area contributed by atoms with E-state index in [-0.39, 0.29) is 18.3 Å². The van der Waals surface area contributed by atoms with Crippen molar-refractivity contribution < 1.29 is 4.79 Å². The van der Waals surface area contributed by atoms with Crippen LogP contribution in [-0.4, -0.2) is 41.4 Å². The summed E-state index contributed by atoms with van der Waals surface area (Å²) in [7, 11) is 0. The second-order valence-corrected chi connectivity index (χ2v) is 7.17. The number of amides is 1. The average molecular weight is 387 g/mol. The molecule has 2 aromatic carbocycles. The summed E-state index contributed by atoms with van der Waals surface area (Å²) in [6, 6.07) is 21.4. The molecule has 1 heterocycles. The molecule has 1 amide bonds. The lowest BCUT2D eigenvalue weighted by atomic mass is 10.0. The van der Waals surface area contributed by atoms with Crippen molar-refractivity contribution in [1.29, 1.82) is 0 Å². The van der Waals surface area contributed by atoms with Crippen LogP contribution in [0.5, 0.6) is 0 Å². The highest BCUT2D eigenvalue weighted by atomic mass is 35.5. The second kappa shape index (κ2) is 11.1. The van der Waals surface area contributed by atoms with E-state index in [1.807, 2.05) is 13.0 Å². The summed E-state index contributed by atoms with van der Waals surface area (Å²) in [4.78, 5) is 17.2. The van der Waals surface area contributed by atoms with Crippen LogP contribution >= 0.6 is 12.4 Å². The van der Waals surface area contributed by atoms with E-state index >= 15 is 0 Å². The standard InChI is InChI=1S/C23H30N2O.ClH/c1-2-23(26)25(19-21-11-7-4-8-12-21)22-14-17-24(18-15-22)16-13-20-9-5-3-6-10-20;/h3-12,22H,2,13-19H2,1H3;1H. The van der Waals surface area contributed by atoms with E-state index < -0.39 is 0 Å². The van der Waals surface area contributed by atoms with Crippen molar-refractivity contribution in [2.75, 3.05) is 19.6 Å². The molecule has 3 nitrogen and oxygen atoms in total. The molecular weight excluding hydrogens is 356 g/mol. The fourth-order valence-corrected chi connectivity index (χ4v) is 3.79. The third kappa shape index (κ3) is 6.37. The summed E-state index contributed by atoms with van der Waals surface area (Å²) < 4.78 is 0. The average Bonchev–Trinajstić information content (AvgIpc) is 2.72. The van der Waals surface area contributed by atoms with Gasteiger partial charge in [0.1, 0.15) is 0 Å². The van der Waals surface area contributed by atoms with Crippen molar-refractivity contribution in [3.8, 4) is 0 Å². The molecule has 0 N–H and O–H groups in total. The van der Waals surface area contributed by atoms with Gasteiger partial charge in [-0.05, 0) is 30.4 Å². The Hall–Kier alpha value is -1.84. The highest BCUT2D eigenvalue weighted by Gasteiger charge is 2.27. The minimum absolute atomic E-state index is 0. The monoisotopic (exact) mass is 386 g/mol. The molecule has 1 fully saturated rings. The van der Waals surface area contributed by atoms with Gasteiger partial charge in [-0.15, -0.1) is 12.4 Å². The SMILES string of the molecule is CCC(=O)N(Cc1ccccc1)C1CCN(CCc2ccccc2)CC1.Cl. The second-order valence-electron chi connectivity index (χ2n) is 7.17. The first-order valence-corrected chi connectivity index (χ1v) is 9.86. The molecule has 3 rings (SSSR count). The molecule has 0 spiro atoms. The summed E-state index contributed by atoms with van der Waals surface area (Å²) in [5.74, 6) is 0.275. The zero-order valence-electron chi connectivity index (χ0n) is 16.2. The number of hydrogen-bond acceptors (Lipinski definition) is 2. The van der Waals surface area contributed by atoms with Crippen LogP contribution in [-0.2, 0) is 17.8 Å². The molecule has 2 aromatic rings. The van der Waals surface area contributed by atoms with Gasteiger partial charge in [-0.3, -0.25) is 4.79 Å². The highest BCUT2D eigenvalue weighted by Crippen LogP contribution is 2.20.